The van der Waals surface area contributed by atoms with Gasteiger partial charge >= 0.3 is 0 Å². The molecule has 156 valence electrons. The zero-order valence-electron chi connectivity index (χ0n) is 17.3. The van der Waals surface area contributed by atoms with Crippen molar-refractivity contribution < 1.29 is 4.74 Å². The molecule has 0 radical (unpaired) electrons. The Labute approximate surface area is 175 Å². The van der Waals surface area contributed by atoms with Gasteiger partial charge < -0.3 is 20.3 Å². The van der Waals surface area contributed by atoms with Gasteiger partial charge in [0.25, 0.3) is 0 Å². The number of hydrogen-bond acceptors (Lipinski definition) is 5. The second kappa shape index (κ2) is 11.0. The lowest BCUT2D eigenvalue weighted by Gasteiger charge is -2.50. The Bertz CT molecular complexity index is 602. The van der Waals surface area contributed by atoms with Gasteiger partial charge in [-0.25, -0.2) is 0 Å². The summed E-state index contributed by atoms with van der Waals surface area (Å²) in [4.78, 5) is 9.60. The number of hydrogen-bond donors (Lipinski definition) is 2. The minimum atomic E-state index is 0.607. The van der Waals surface area contributed by atoms with Crippen molar-refractivity contribution in [3.63, 3.8) is 0 Å². The maximum absolute atomic E-state index is 5.36. The third-order valence-electron chi connectivity index (χ3n) is 6.13. The SMILES string of the molecule is COCCNC(=S)NC[C@H]1C[C@@H]2CCN1C[C@@H]2CN(C)CCc1ccccn1. The standard InChI is InChI=1S/C21H35N5OS/c1-25(10-7-19-5-3-4-8-22-19)15-18-16-26-11-6-17(18)13-20(26)14-24-21(28)23-9-12-27-2/h3-5,8,17-18,20H,6-7,9-16H2,1-2H3,(H2,23,24,28)/t17-,18-,20+/m0/s1. The third kappa shape index (κ3) is 6.37. The first-order chi connectivity index (χ1) is 13.7. The number of nitrogens with zero attached hydrogens (tertiary/aromatic N) is 3. The molecule has 1 unspecified atom stereocenters. The lowest BCUT2D eigenvalue weighted by atomic mass is 9.75. The molecule has 0 saturated carbocycles. The second-order valence-electron chi connectivity index (χ2n) is 8.16. The maximum atomic E-state index is 5.36. The predicted octanol–water partition coefficient (Wildman–Crippen LogP) is 1.38. The van der Waals surface area contributed by atoms with Crippen LogP contribution in [-0.4, -0.2) is 86.0 Å². The molecule has 3 aliphatic rings. The van der Waals surface area contributed by atoms with Crippen molar-refractivity contribution in [2.45, 2.75) is 25.3 Å². The minimum absolute atomic E-state index is 0.607. The number of pyridine rings is 1. The molecule has 0 aromatic carbocycles. The van der Waals surface area contributed by atoms with Crippen molar-refractivity contribution in [2.75, 3.05) is 60.0 Å². The molecule has 2 bridgehead atoms. The van der Waals surface area contributed by atoms with Crippen LogP contribution in [0.5, 0.6) is 0 Å². The third-order valence-corrected chi connectivity index (χ3v) is 6.41. The summed E-state index contributed by atoms with van der Waals surface area (Å²) < 4.78 is 5.05. The molecule has 7 heteroatoms. The van der Waals surface area contributed by atoms with Crippen LogP contribution in [0.3, 0.4) is 0 Å². The molecular formula is C21H35N5OS. The van der Waals surface area contributed by atoms with Gasteiger partial charge in [-0.15, -0.1) is 0 Å². The number of rotatable bonds is 10. The van der Waals surface area contributed by atoms with Crippen molar-refractivity contribution in [2.24, 2.45) is 11.8 Å². The van der Waals surface area contributed by atoms with Gasteiger partial charge in [-0.05, 0) is 62.6 Å². The molecular weight excluding hydrogens is 370 g/mol. The van der Waals surface area contributed by atoms with Crippen LogP contribution in [0.25, 0.3) is 0 Å². The van der Waals surface area contributed by atoms with E-state index in [-0.39, 0.29) is 0 Å². The van der Waals surface area contributed by atoms with Gasteiger partial charge in [0.2, 0.25) is 0 Å². The van der Waals surface area contributed by atoms with E-state index in [1.54, 1.807) is 7.11 Å². The quantitative estimate of drug-likeness (QED) is 0.450. The average Bonchev–Trinajstić information content (AvgIpc) is 2.72. The summed E-state index contributed by atoms with van der Waals surface area (Å²) in [7, 11) is 3.96. The van der Waals surface area contributed by atoms with Crippen molar-refractivity contribution in [3.8, 4) is 0 Å². The first kappa shape index (κ1) is 21.4. The van der Waals surface area contributed by atoms with E-state index in [0.29, 0.717) is 12.6 Å². The highest BCUT2D eigenvalue weighted by atomic mass is 32.1. The summed E-state index contributed by atoms with van der Waals surface area (Å²) in [6, 6.07) is 6.78. The van der Waals surface area contributed by atoms with Gasteiger partial charge in [-0.1, -0.05) is 6.07 Å². The van der Waals surface area contributed by atoms with Gasteiger partial charge in [0.1, 0.15) is 0 Å². The number of ether oxygens (including phenoxy) is 1. The summed E-state index contributed by atoms with van der Waals surface area (Å²) in [6.45, 7) is 7.08. The summed E-state index contributed by atoms with van der Waals surface area (Å²) in [5, 5.41) is 7.33. The van der Waals surface area contributed by atoms with E-state index in [2.05, 4.69) is 44.6 Å². The molecule has 3 saturated heterocycles. The number of likely N-dealkylation sites (N-methyl/N-ethyl adjacent to an activating group) is 1. The van der Waals surface area contributed by atoms with E-state index in [0.717, 1.165) is 43.0 Å². The Morgan fingerprint density at radius 1 is 1.39 bits per heavy atom. The van der Waals surface area contributed by atoms with E-state index in [1.807, 2.05) is 12.3 Å². The van der Waals surface area contributed by atoms with Crippen LogP contribution in [0.2, 0.25) is 0 Å². The molecule has 0 spiro atoms. The maximum Gasteiger partial charge on any atom is 0.166 e. The summed E-state index contributed by atoms with van der Waals surface area (Å²) >= 11 is 5.36. The molecule has 28 heavy (non-hydrogen) atoms. The number of piperidine rings is 3. The average molecular weight is 406 g/mol. The number of fused-ring (bicyclic) bond motifs is 3. The highest BCUT2D eigenvalue weighted by Crippen LogP contribution is 2.36. The van der Waals surface area contributed by atoms with Gasteiger partial charge in [0.05, 0.1) is 6.61 Å². The Hall–Kier alpha value is -1.28. The fourth-order valence-corrected chi connectivity index (χ4v) is 4.74. The Kier molecular flexibility index (Phi) is 8.45. The summed E-state index contributed by atoms with van der Waals surface area (Å²) in [5.74, 6) is 1.62. The van der Waals surface area contributed by atoms with Crippen LogP contribution in [0, 0.1) is 11.8 Å². The van der Waals surface area contributed by atoms with Crippen LogP contribution >= 0.6 is 12.2 Å². The van der Waals surface area contributed by atoms with E-state index in [9.17, 15) is 0 Å². The van der Waals surface area contributed by atoms with Gasteiger partial charge in [0, 0.05) is 64.2 Å². The smallest absolute Gasteiger partial charge is 0.166 e. The topological polar surface area (TPSA) is 52.7 Å². The van der Waals surface area contributed by atoms with Crippen LogP contribution in [0.15, 0.2) is 24.4 Å². The monoisotopic (exact) mass is 405 g/mol. The summed E-state index contributed by atoms with van der Waals surface area (Å²) in [5.41, 5.74) is 1.18. The number of nitrogens with one attached hydrogen (secondary N) is 2. The highest BCUT2D eigenvalue weighted by molar-refractivity contribution is 7.80. The first-order valence-electron chi connectivity index (χ1n) is 10.5. The van der Waals surface area contributed by atoms with E-state index in [4.69, 9.17) is 17.0 Å². The van der Waals surface area contributed by atoms with Crippen LogP contribution in [0.1, 0.15) is 18.5 Å². The Morgan fingerprint density at radius 2 is 2.29 bits per heavy atom. The fraction of sp³-hybridized carbons (Fsp3) is 0.714. The van der Waals surface area contributed by atoms with Crippen molar-refractivity contribution in [1.82, 2.24) is 25.4 Å². The molecule has 6 nitrogen and oxygen atoms in total. The van der Waals surface area contributed by atoms with Crippen molar-refractivity contribution in [1.29, 1.82) is 0 Å². The molecule has 4 heterocycles. The largest absolute Gasteiger partial charge is 0.383 e. The number of methoxy groups -OCH3 is 1. The lowest BCUT2D eigenvalue weighted by molar-refractivity contribution is -0.00764. The Balaban J connectivity index is 1.37. The van der Waals surface area contributed by atoms with Crippen molar-refractivity contribution >= 4 is 17.3 Å². The fourth-order valence-electron chi connectivity index (χ4n) is 4.55. The molecule has 3 fully saturated rings. The van der Waals surface area contributed by atoms with Crippen molar-refractivity contribution in [3.05, 3.63) is 30.1 Å². The van der Waals surface area contributed by atoms with E-state index < -0.39 is 0 Å². The van der Waals surface area contributed by atoms with E-state index >= 15 is 0 Å². The molecule has 0 amide bonds. The molecule has 1 aromatic heterocycles. The Morgan fingerprint density at radius 3 is 3.00 bits per heavy atom. The second-order valence-corrected chi connectivity index (χ2v) is 8.56. The van der Waals surface area contributed by atoms with Crippen LogP contribution in [0.4, 0.5) is 0 Å². The molecule has 4 atom stereocenters. The molecule has 4 rings (SSSR count). The minimum Gasteiger partial charge on any atom is -0.383 e. The van der Waals surface area contributed by atoms with Crippen LogP contribution < -0.4 is 10.6 Å². The highest BCUT2D eigenvalue weighted by Gasteiger charge is 2.40. The molecule has 0 aliphatic carbocycles. The summed E-state index contributed by atoms with van der Waals surface area (Å²) in [6.07, 6.45) is 5.53. The lowest BCUT2D eigenvalue weighted by Crippen LogP contribution is -2.58. The van der Waals surface area contributed by atoms with E-state index in [1.165, 1.54) is 38.2 Å². The number of thiocarbonyl (C=S) groups is 1. The predicted molar refractivity (Wildman–Crippen MR) is 117 cm³/mol. The first-order valence-corrected chi connectivity index (χ1v) is 10.9. The number of aromatic nitrogens is 1. The van der Waals surface area contributed by atoms with Crippen LogP contribution in [-0.2, 0) is 11.2 Å². The molecule has 1 aromatic rings. The van der Waals surface area contributed by atoms with Gasteiger partial charge in [-0.2, -0.15) is 0 Å². The molecule has 2 N–H and O–H groups in total. The normalized spacial score (nSPS) is 26.4. The zero-order chi connectivity index (χ0) is 19.8. The van der Waals surface area contributed by atoms with Gasteiger partial charge in [0.15, 0.2) is 5.11 Å². The molecule has 3 aliphatic heterocycles. The zero-order valence-corrected chi connectivity index (χ0v) is 18.1. The van der Waals surface area contributed by atoms with Gasteiger partial charge in [-0.3, -0.25) is 9.88 Å².